The lowest BCUT2D eigenvalue weighted by atomic mass is 10.1. The van der Waals surface area contributed by atoms with E-state index in [9.17, 15) is 4.79 Å². The first-order chi connectivity index (χ1) is 11.5. The van der Waals surface area contributed by atoms with Crippen LogP contribution in [-0.2, 0) is 0 Å². The lowest BCUT2D eigenvalue weighted by molar-refractivity contribution is 0.102. The molecular weight excluding hydrogens is 351 g/mol. The van der Waals surface area contributed by atoms with Gasteiger partial charge in [-0.15, -0.1) is 0 Å². The fourth-order valence-electron chi connectivity index (χ4n) is 2.24. The van der Waals surface area contributed by atoms with E-state index < -0.39 is 5.91 Å². The van der Waals surface area contributed by atoms with Crippen LogP contribution in [0, 0.1) is 5.41 Å². The summed E-state index contributed by atoms with van der Waals surface area (Å²) >= 11 is 11.9. The average molecular weight is 363 g/mol. The van der Waals surface area contributed by atoms with Crippen LogP contribution in [0.3, 0.4) is 0 Å². The largest absolute Gasteiger partial charge is 0.493 e. The number of amides is 1. The van der Waals surface area contributed by atoms with Gasteiger partial charge in [0.1, 0.15) is 5.56 Å². The highest BCUT2D eigenvalue weighted by Gasteiger charge is 2.15. The summed E-state index contributed by atoms with van der Waals surface area (Å²) in [6, 6.07) is 11.6. The number of halogens is 2. The van der Waals surface area contributed by atoms with Crippen molar-refractivity contribution in [3.8, 4) is 5.75 Å². The predicted molar refractivity (Wildman–Crippen MR) is 93.0 cm³/mol. The molecule has 5 nitrogen and oxygen atoms in total. The molecule has 0 unspecified atom stereocenters. The first kappa shape index (κ1) is 16.4. The first-order valence-electron chi connectivity index (χ1n) is 6.91. The molecule has 0 saturated carbocycles. The highest BCUT2D eigenvalue weighted by molar-refractivity contribution is 6.36. The van der Waals surface area contributed by atoms with Crippen molar-refractivity contribution in [3.63, 3.8) is 0 Å². The molecule has 2 N–H and O–H groups in total. The van der Waals surface area contributed by atoms with Crippen molar-refractivity contribution in [2.45, 2.75) is 0 Å². The number of ether oxygens (including phenoxy) is 1. The number of benzene rings is 2. The molecule has 122 valence electrons. The summed E-state index contributed by atoms with van der Waals surface area (Å²) in [7, 11) is 1.51. The summed E-state index contributed by atoms with van der Waals surface area (Å²) in [4.78, 5) is 12.5. The second-order valence-corrected chi connectivity index (χ2v) is 5.79. The van der Waals surface area contributed by atoms with E-state index in [1.54, 1.807) is 36.4 Å². The zero-order valence-corrected chi connectivity index (χ0v) is 14.0. The van der Waals surface area contributed by atoms with E-state index in [0.29, 0.717) is 32.5 Å². The minimum Gasteiger partial charge on any atom is -0.493 e. The van der Waals surface area contributed by atoms with Crippen molar-refractivity contribution in [3.05, 3.63) is 63.6 Å². The number of nitrogens with one attached hydrogen (secondary N) is 2. The number of para-hydroxylation sites is 1. The van der Waals surface area contributed by atoms with Crippen LogP contribution in [0.15, 0.2) is 46.9 Å². The molecule has 3 aromatic rings. The van der Waals surface area contributed by atoms with Gasteiger partial charge in [-0.3, -0.25) is 10.2 Å². The maximum Gasteiger partial charge on any atom is 0.261 e. The lowest BCUT2D eigenvalue weighted by Gasteiger charge is -2.09. The number of carbonyl (C=O) groups is 1. The highest BCUT2D eigenvalue weighted by Crippen LogP contribution is 2.27. The second kappa shape index (κ2) is 6.55. The molecule has 7 heteroatoms. The molecule has 0 aliphatic heterocycles. The quantitative estimate of drug-likeness (QED) is 0.721. The normalized spacial score (nSPS) is 10.6. The topological polar surface area (TPSA) is 75.3 Å². The molecule has 1 heterocycles. The van der Waals surface area contributed by atoms with Gasteiger partial charge >= 0.3 is 0 Å². The molecule has 2 aromatic carbocycles. The standard InChI is InChI=1S/C17H12Cl2N2O3/c1-23-14-4-2-3-9-7-11(16(20)24-15(9)14)17(22)21-13-6-5-10(18)8-12(13)19/h2-8,20H,1H3,(H,21,22). The lowest BCUT2D eigenvalue weighted by Crippen LogP contribution is -2.21. The number of carbonyl (C=O) groups excluding carboxylic acids is 1. The molecule has 24 heavy (non-hydrogen) atoms. The highest BCUT2D eigenvalue weighted by atomic mass is 35.5. The minimum absolute atomic E-state index is 0.0850. The molecular formula is C17H12Cl2N2O3. The maximum atomic E-state index is 12.5. The van der Waals surface area contributed by atoms with Gasteiger partial charge in [0, 0.05) is 10.4 Å². The summed E-state index contributed by atoms with van der Waals surface area (Å²) in [6.07, 6.45) is 0. The summed E-state index contributed by atoms with van der Waals surface area (Å²) in [5.74, 6) is -0.00797. The molecule has 1 amide bonds. The Balaban J connectivity index is 2.01. The summed E-state index contributed by atoms with van der Waals surface area (Å²) < 4.78 is 10.6. The molecule has 0 saturated heterocycles. The van der Waals surface area contributed by atoms with Crippen LogP contribution in [-0.4, -0.2) is 13.0 Å². The molecule has 0 aliphatic carbocycles. The molecule has 0 fully saturated rings. The number of hydrogen-bond donors (Lipinski definition) is 2. The molecule has 0 atom stereocenters. The van der Waals surface area contributed by atoms with Crippen LogP contribution in [0.2, 0.25) is 10.0 Å². The Morgan fingerprint density at radius 3 is 2.71 bits per heavy atom. The van der Waals surface area contributed by atoms with E-state index in [0.717, 1.165) is 0 Å². The van der Waals surface area contributed by atoms with Crippen molar-refractivity contribution < 1.29 is 13.9 Å². The van der Waals surface area contributed by atoms with Crippen LogP contribution >= 0.6 is 23.2 Å². The molecule has 0 radical (unpaired) electrons. The number of methoxy groups -OCH3 is 1. The van der Waals surface area contributed by atoms with Crippen molar-refractivity contribution in [2.75, 3.05) is 12.4 Å². The number of rotatable bonds is 3. The first-order valence-corrected chi connectivity index (χ1v) is 7.67. The second-order valence-electron chi connectivity index (χ2n) is 4.95. The van der Waals surface area contributed by atoms with Gasteiger partial charge in [0.05, 0.1) is 17.8 Å². The molecule has 1 aromatic heterocycles. The van der Waals surface area contributed by atoms with E-state index in [4.69, 9.17) is 37.8 Å². The molecule has 0 spiro atoms. The van der Waals surface area contributed by atoms with Gasteiger partial charge in [-0.05, 0) is 30.3 Å². The van der Waals surface area contributed by atoms with Gasteiger partial charge in [0.25, 0.3) is 5.91 Å². The van der Waals surface area contributed by atoms with Crippen LogP contribution < -0.4 is 15.6 Å². The smallest absolute Gasteiger partial charge is 0.261 e. The number of hydrogen-bond acceptors (Lipinski definition) is 4. The Kier molecular flexibility index (Phi) is 4.46. The van der Waals surface area contributed by atoms with Crippen molar-refractivity contribution in [1.82, 2.24) is 0 Å². The van der Waals surface area contributed by atoms with E-state index in [1.807, 2.05) is 0 Å². The van der Waals surface area contributed by atoms with Gasteiger partial charge in [0.2, 0.25) is 5.55 Å². The molecule has 3 rings (SSSR count). The fourth-order valence-corrected chi connectivity index (χ4v) is 2.70. The Hall–Kier alpha value is -2.50. The van der Waals surface area contributed by atoms with Gasteiger partial charge in [-0.25, -0.2) is 0 Å². The average Bonchev–Trinajstić information content (AvgIpc) is 2.56. The summed E-state index contributed by atoms with van der Waals surface area (Å²) in [5, 5.41) is 12.0. The zero-order valence-electron chi connectivity index (χ0n) is 12.5. The number of fused-ring (bicyclic) bond motifs is 1. The SMILES string of the molecule is COc1cccc2cc(C(=O)Nc3ccc(Cl)cc3Cl)c(=N)oc12. The Morgan fingerprint density at radius 1 is 1.21 bits per heavy atom. The third kappa shape index (κ3) is 3.09. The predicted octanol–water partition coefficient (Wildman–Crippen LogP) is 4.48. The third-order valence-electron chi connectivity index (χ3n) is 3.40. The monoisotopic (exact) mass is 362 g/mol. The van der Waals surface area contributed by atoms with E-state index in [1.165, 1.54) is 13.2 Å². The summed E-state index contributed by atoms with van der Waals surface area (Å²) in [6.45, 7) is 0. The van der Waals surface area contributed by atoms with Crippen LogP contribution in [0.1, 0.15) is 10.4 Å². The van der Waals surface area contributed by atoms with E-state index in [2.05, 4.69) is 5.32 Å². The van der Waals surface area contributed by atoms with Gasteiger partial charge in [-0.1, -0.05) is 35.3 Å². The Bertz CT molecular complexity index is 999. The Labute approximate surface area is 147 Å². The van der Waals surface area contributed by atoms with Crippen LogP contribution in [0.4, 0.5) is 5.69 Å². The Morgan fingerprint density at radius 2 is 2.00 bits per heavy atom. The van der Waals surface area contributed by atoms with Gasteiger partial charge in [0.15, 0.2) is 11.3 Å². The van der Waals surface area contributed by atoms with E-state index >= 15 is 0 Å². The van der Waals surface area contributed by atoms with Crippen molar-refractivity contribution in [2.24, 2.45) is 0 Å². The number of anilines is 1. The van der Waals surface area contributed by atoms with Gasteiger partial charge < -0.3 is 14.5 Å². The molecule has 0 bridgehead atoms. The van der Waals surface area contributed by atoms with Gasteiger partial charge in [-0.2, -0.15) is 0 Å². The van der Waals surface area contributed by atoms with Crippen molar-refractivity contribution in [1.29, 1.82) is 5.41 Å². The minimum atomic E-state index is -0.502. The van der Waals surface area contributed by atoms with Crippen molar-refractivity contribution >= 4 is 45.8 Å². The molecule has 0 aliphatic rings. The van der Waals surface area contributed by atoms with Crippen LogP contribution in [0.5, 0.6) is 5.75 Å². The van der Waals surface area contributed by atoms with Crippen LogP contribution in [0.25, 0.3) is 11.0 Å². The third-order valence-corrected chi connectivity index (χ3v) is 3.95. The fraction of sp³-hybridized carbons (Fsp3) is 0.0588. The zero-order chi connectivity index (χ0) is 17.3. The summed E-state index contributed by atoms with van der Waals surface area (Å²) in [5.41, 5.74) is 0.624. The maximum absolute atomic E-state index is 12.5. The van der Waals surface area contributed by atoms with E-state index in [-0.39, 0.29) is 11.1 Å².